The zero-order valence-corrected chi connectivity index (χ0v) is 14.8. The molecule has 0 aliphatic carbocycles. The second-order valence-electron chi connectivity index (χ2n) is 8.47. The number of hydrogen-bond acceptors (Lipinski definition) is 3. The van der Waals surface area contributed by atoms with Crippen LogP contribution < -0.4 is 0 Å². The lowest BCUT2D eigenvalue weighted by Crippen LogP contribution is -2.65. The zero-order valence-electron chi connectivity index (χ0n) is 14.8. The first-order valence-corrected chi connectivity index (χ1v) is 8.28. The van der Waals surface area contributed by atoms with Gasteiger partial charge >= 0.3 is 0 Å². The van der Waals surface area contributed by atoms with Crippen molar-refractivity contribution in [2.45, 2.75) is 45.8 Å². The SMILES string of the molecule is CC1(C)OCC2(CO1)CN(C(=O)c1ccc(C(C)(C)C)cc1)C2. The summed E-state index contributed by atoms with van der Waals surface area (Å²) in [4.78, 5) is 14.5. The molecular formula is C19H27NO3. The average Bonchev–Trinajstić information content (AvgIpc) is 2.44. The van der Waals surface area contributed by atoms with Crippen LogP contribution in [-0.2, 0) is 14.9 Å². The molecule has 0 radical (unpaired) electrons. The van der Waals surface area contributed by atoms with E-state index in [0.717, 1.165) is 5.56 Å². The summed E-state index contributed by atoms with van der Waals surface area (Å²) in [5.41, 5.74) is 2.08. The monoisotopic (exact) mass is 317 g/mol. The number of nitrogens with zero attached hydrogens (tertiary/aromatic N) is 1. The highest BCUT2D eigenvalue weighted by Crippen LogP contribution is 2.38. The van der Waals surface area contributed by atoms with Crippen molar-refractivity contribution in [3.05, 3.63) is 35.4 Å². The van der Waals surface area contributed by atoms with E-state index in [-0.39, 0.29) is 16.7 Å². The second kappa shape index (κ2) is 5.32. The van der Waals surface area contributed by atoms with Gasteiger partial charge in [-0.1, -0.05) is 32.9 Å². The van der Waals surface area contributed by atoms with Crippen LogP contribution in [0.3, 0.4) is 0 Å². The second-order valence-corrected chi connectivity index (χ2v) is 8.47. The van der Waals surface area contributed by atoms with Gasteiger partial charge in [0.25, 0.3) is 5.91 Å². The Bertz CT molecular complexity index is 580. The van der Waals surface area contributed by atoms with E-state index >= 15 is 0 Å². The lowest BCUT2D eigenvalue weighted by atomic mass is 9.80. The highest BCUT2D eigenvalue weighted by atomic mass is 16.7. The van der Waals surface area contributed by atoms with Crippen molar-refractivity contribution in [2.24, 2.45) is 5.41 Å². The Labute approximate surface area is 138 Å². The standard InChI is InChI=1S/C19H27NO3/c1-17(2,3)15-8-6-14(7-9-15)16(21)20-10-19(11-20)12-22-18(4,5)23-13-19/h6-9H,10-13H2,1-5H3. The Kier molecular flexibility index (Phi) is 3.81. The lowest BCUT2D eigenvalue weighted by Gasteiger charge is -2.54. The first-order valence-electron chi connectivity index (χ1n) is 8.28. The molecule has 0 bridgehead atoms. The number of rotatable bonds is 1. The topological polar surface area (TPSA) is 38.8 Å². The van der Waals surface area contributed by atoms with E-state index in [0.29, 0.717) is 26.3 Å². The van der Waals surface area contributed by atoms with Gasteiger partial charge in [-0.3, -0.25) is 4.79 Å². The molecule has 23 heavy (non-hydrogen) atoms. The summed E-state index contributed by atoms with van der Waals surface area (Å²) in [6.07, 6.45) is 0. The summed E-state index contributed by atoms with van der Waals surface area (Å²) in [6, 6.07) is 7.98. The predicted octanol–water partition coefficient (Wildman–Crippen LogP) is 3.21. The Hall–Kier alpha value is -1.39. The smallest absolute Gasteiger partial charge is 0.253 e. The lowest BCUT2D eigenvalue weighted by molar-refractivity contribution is -0.301. The molecule has 2 fully saturated rings. The molecule has 4 heteroatoms. The molecular weight excluding hydrogens is 290 g/mol. The zero-order chi connectivity index (χ0) is 16.9. The van der Waals surface area contributed by atoms with Crippen molar-refractivity contribution in [1.82, 2.24) is 4.90 Å². The van der Waals surface area contributed by atoms with Crippen molar-refractivity contribution in [1.29, 1.82) is 0 Å². The summed E-state index contributed by atoms with van der Waals surface area (Å²) in [6.45, 7) is 13.1. The normalized spacial score (nSPS) is 22.7. The Morgan fingerprint density at radius 1 is 1.04 bits per heavy atom. The minimum atomic E-state index is -0.502. The van der Waals surface area contributed by atoms with Crippen molar-refractivity contribution in [2.75, 3.05) is 26.3 Å². The van der Waals surface area contributed by atoms with E-state index in [1.165, 1.54) is 5.56 Å². The van der Waals surface area contributed by atoms with Gasteiger partial charge in [-0.2, -0.15) is 0 Å². The Morgan fingerprint density at radius 3 is 2.04 bits per heavy atom. The maximum Gasteiger partial charge on any atom is 0.253 e. The molecule has 0 unspecified atom stereocenters. The molecule has 3 rings (SSSR count). The van der Waals surface area contributed by atoms with Crippen molar-refractivity contribution >= 4 is 5.91 Å². The number of benzene rings is 1. The van der Waals surface area contributed by atoms with Crippen LogP contribution in [0.15, 0.2) is 24.3 Å². The van der Waals surface area contributed by atoms with Crippen LogP contribution in [0, 0.1) is 5.41 Å². The van der Waals surface area contributed by atoms with Gasteiger partial charge in [-0.15, -0.1) is 0 Å². The van der Waals surface area contributed by atoms with Crippen LogP contribution >= 0.6 is 0 Å². The van der Waals surface area contributed by atoms with E-state index in [9.17, 15) is 4.79 Å². The predicted molar refractivity (Wildman–Crippen MR) is 89.5 cm³/mol. The molecule has 1 spiro atoms. The average molecular weight is 317 g/mol. The Morgan fingerprint density at radius 2 is 1.57 bits per heavy atom. The minimum Gasteiger partial charge on any atom is -0.350 e. The number of amides is 1. The van der Waals surface area contributed by atoms with Crippen LogP contribution in [0.1, 0.15) is 50.5 Å². The van der Waals surface area contributed by atoms with Crippen LogP contribution in [-0.4, -0.2) is 42.9 Å². The molecule has 0 saturated carbocycles. The fraction of sp³-hybridized carbons (Fsp3) is 0.632. The van der Waals surface area contributed by atoms with Gasteiger partial charge in [0.2, 0.25) is 0 Å². The van der Waals surface area contributed by atoms with E-state index in [4.69, 9.17) is 9.47 Å². The summed E-state index contributed by atoms with van der Waals surface area (Å²) in [7, 11) is 0. The minimum absolute atomic E-state index is 0.0173. The molecule has 1 aromatic carbocycles. The number of likely N-dealkylation sites (tertiary alicyclic amines) is 1. The van der Waals surface area contributed by atoms with Crippen LogP contribution in [0.5, 0.6) is 0 Å². The van der Waals surface area contributed by atoms with Crippen molar-refractivity contribution in [3.63, 3.8) is 0 Å². The molecule has 1 amide bonds. The maximum atomic E-state index is 12.6. The van der Waals surface area contributed by atoms with E-state index in [1.807, 2.05) is 30.9 Å². The molecule has 0 atom stereocenters. The molecule has 4 nitrogen and oxygen atoms in total. The third kappa shape index (κ3) is 3.29. The quantitative estimate of drug-likeness (QED) is 0.798. The first kappa shape index (κ1) is 16.5. The van der Waals surface area contributed by atoms with Crippen molar-refractivity contribution in [3.8, 4) is 0 Å². The van der Waals surface area contributed by atoms with E-state index in [2.05, 4.69) is 32.9 Å². The van der Waals surface area contributed by atoms with Gasteiger partial charge in [0.1, 0.15) is 0 Å². The largest absolute Gasteiger partial charge is 0.350 e. The highest BCUT2D eigenvalue weighted by molar-refractivity contribution is 5.94. The third-order valence-electron chi connectivity index (χ3n) is 4.79. The van der Waals surface area contributed by atoms with Gasteiger partial charge in [0.15, 0.2) is 5.79 Å². The van der Waals surface area contributed by atoms with Gasteiger partial charge in [0.05, 0.1) is 18.6 Å². The third-order valence-corrected chi connectivity index (χ3v) is 4.79. The van der Waals surface area contributed by atoms with Crippen LogP contribution in [0.4, 0.5) is 0 Å². The molecule has 1 aromatic rings. The summed E-state index contributed by atoms with van der Waals surface area (Å²) >= 11 is 0. The molecule has 0 aromatic heterocycles. The van der Waals surface area contributed by atoms with Crippen LogP contribution in [0.25, 0.3) is 0 Å². The number of carbonyl (C=O) groups excluding carboxylic acids is 1. The van der Waals surface area contributed by atoms with Gasteiger partial charge in [-0.05, 0) is 37.0 Å². The number of hydrogen-bond donors (Lipinski definition) is 0. The Balaban J connectivity index is 1.61. The summed E-state index contributed by atoms with van der Waals surface area (Å²) in [5, 5.41) is 0. The number of carbonyl (C=O) groups is 1. The maximum absolute atomic E-state index is 12.6. The number of ether oxygens (including phenoxy) is 2. The molecule has 2 saturated heterocycles. The van der Waals surface area contributed by atoms with Gasteiger partial charge < -0.3 is 14.4 Å². The molecule has 126 valence electrons. The fourth-order valence-electron chi connectivity index (χ4n) is 3.12. The fourth-order valence-corrected chi connectivity index (χ4v) is 3.12. The van der Waals surface area contributed by atoms with E-state index in [1.54, 1.807) is 0 Å². The van der Waals surface area contributed by atoms with Gasteiger partial charge in [0, 0.05) is 18.7 Å². The molecule has 2 aliphatic heterocycles. The van der Waals surface area contributed by atoms with E-state index < -0.39 is 5.79 Å². The van der Waals surface area contributed by atoms with Gasteiger partial charge in [-0.25, -0.2) is 0 Å². The first-order chi connectivity index (χ1) is 10.6. The summed E-state index contributed by atoms with van der Waals surface area (Å²) in [5.74, 6) is -0.403. The summed E-state index contributed by atoms with van der Waals surface area (Å²) < 4.78 is 11.5. The molecule has 0 N–H and O–H groups in total. The molecule has 2 aliphatic rings. The van der Waals surface area contributed by atoms with Crippen molar-refractivity contribution < 1.29 is 14.3 Å². The molecule has 2 heterocycles. The van der Waals surface area contributed by atoms with Crippen LogP contribution in [0.2, 0.25) is 0 Å². The highest BCUT2D eigenvalue weighted by Gasteiger charge is 2.50.